The third-order valence-corrected chi connectivity index (χ3v) is 7.14. The van der Waals surface area contributed by atoms with Crippen LogP contribution in [0.2, 0.25) is 10.0 Å². The summed E-state index contributed by atoms with van der Waals surface area (Å²) in [6, 6.07) is 13.4. The molecule has 12 heteroatoms. The molecule has 0 saturated carbocycles. The first-order valence-corrected chi connectivity index (χ1v) is 12.9. The van der Waals surface area contributed by atoms with Crippen molar-refractivity contribution in [2.45, 2.75) is 23.6 Å². The third-order valence-electron chi connectivity index (χ3n) is 5.42. The van der Waals surface area contributed by atoms with Gasteiger partial charge in [-0.05, 0) is 42.8 Å². The summed E-state index contributed by atoms with van der Waals surface area (Å²) in [4.78, 5) is 13.2. The summed E-state index contributed by atoms with van der Waals surface area (Å²) in [6.07, 6.45) is -3.89. The number of aliphatic hydroxyl groups is 1. The van der Waals surface area contributed by atoms with Crippen molar-refractivity contribution in [3.8, 4) is 16.9 Å². The first kappa shape index (κ1) is 27.8. The van der Waals surface area contributed by atoms with Crippen molar-refractivity contribution in [1.29, 1.82) is 0 Å². The van der Waals surface area contributed by atoms with E-state index in [1.807, 2.05) is 0 Å². The molecule has 0 unspecified atom stereocenters. The Balaban J connectivity index is 1.93. The Kier molecular flexibility index (Phi) is 7.95. The molecule has 2 N–H and O–H groups in total. The summed E-state index contributed by atoms with van der Waals surface area (Å²) in [5.74, 6) is -1.16. The Bertz CT molecular complexity index is 1370. The standard InChI is InChI=1S/C24H20Cl2F3NO5S/c1-23(13-31,14-7-9-16(10-8-14)36(2,33)34)22(32)30-15-11-18(25)21(19(26)12-15)17-5-3-4-6-20(17)35-24(27,28)29/h3-12,31H,13H2,1-2H3,(H,30,32)/t23-/m1/s1. The second kappa shape index (κ2) is 10.3. The fourth-order valence-corrected chi connectivity index (χ4v) is 4.74. The molecule has 3 aromatic rings. The molecule has 0 aliphatic carbocycles. The van der Waals surface area contributed by atoms with E-state index in [2.05, 4.69) is 10.1 Å². The number of aliphatic hydroxyl groups excluding tert-OH is 1. The number of amides is 1. The first-order valence-electron chi connectivity index (χ1n) is 10.2. The fraction of sp³-hybridized carbons (Fsp3) is 0.208. The lowest BCUT2D eigenvalue weighted by Gasteiger charge is -2.27. The topological polar surface area (TPSA) is 92.7 Å². The Morgan fingerprint density at radius 1 is 1.03 bits per heavy atom. The van der Waals surface area contributed by atoms with E-state index in [0.29, 0.717) is 5.56 Å². The van der Waals surface area contributed by atoms with E-state index < -0.39 is 39.9 Å². The monoisotopic (exact) mass is 561 g/mol. The maximum Gasteiger partial charge on any atom is 0.573 e. The van der Waals surface area contributed by atoms with Gasteiger partial charge in [0.2, 0.25) is 5.91 Å². The molecule has 1 amide bonds. The Labute approximate surface area is 215 Å². The Morgan fingerprint density at radius 3 is 2.08 bits per heavy atom. The highest BCUT2D eigenvalue weighted by molar-refractivity contribution is 7.90. The maximum atomic E-state index is 13.1. The van der Waals surface area contributed by atoms with Crippen molar-refractivity contribution in [1.82, 2.24) is 0 Å². The van der Waals surface area contributed by atoms with Gasteiger partial charge in [-0.25, -0.2) is 8.42 Å². The zero-order chi connectivity index (χ0) is 26.9. The van der Waals surface area contributed by atoms with Crippen LogP contribution in [0.4, 0.5) is 18.9 Å². The molecule has 1 atom stereocenters. The number of halogens is 5. The molecule has 192 valence electrons. The molecule has 0 aliphatic heterocycles. The van der Waals surface area contributed by atoms with Crippen molar-refractivity contribution in [2.75, 3.05) is 18.2 Å². The number of carbonyl (C=O) groups is 1. The zero-order valence-electron chi connectivity index (χ0n) is 18.9. The van der Waals surface area contributed by atoms with Gasteiger partial charge in [0, 0.05) is 23.1 Å². The van der Waals surface area contributed by atoms with E-state index in [-0.39, 0.29) is 31.8 Å². The third kappa shape index (κ3) is 6.12. The van der Waals surface area contributed by atoms with Crippen molar-refractivity contribution >= 4 is 44.6 Å². The lowest BCUT2D eigenvalue weighted by Crippen LogP contribution is -2.41. The van der Waals surface area contributed by atoms with Crippen LogP contribution in [0.15, 0.2) is 65.6 Å². The number of para-hydroxylation sites is 1. The van der Waals surface area contributed by atoms with Gasteiger partial charge < -0.3 is 15.2 Å². The minimum absolute atomic E-state index is 0.00568. The lowest BCUT2D eigenvalue weighted by atomic mass is 9.82. The number of alkyl halides is 3. The van der Waals surface area contributed by atoms with Crippen LogP contribution in [0, 0.1) is 0 Å². The average molecular weight is 562 g/mol. The number of carbonyl (C=O) groups excluding carboxylic acids is 1. The van der Waals surface area contributed by atoms with Gasteiger partial charge in [0.15, 0.2) is 9.84 Å². The van der Waals surface area contributed by atoms with Gasteiger partial charge in [-0.15, -0.1) is 13.2 Å². The molecule has 0 fully saturated rings. The predicted molar refractivity (Wildman–Crippen MR) is 131 cm³/mol. The smallest absolute Gasteiger partial charge is 0.405 e. The lowest BCUT2D eigenvalue weighted by molar-refractivity contribution is -0.274. The second-order valence-electron chi connectivity index (χ2n) is 8.10. The quantitative estimate of drug-likeness (QED) is 0.377. The average Bonchev–Trinajstić information content (AvgIpc) is 2.77. The van der Waals surface area contributed by atoms with E-state index >= 15 is 0 Å². The number of anilines is 1. The zero-order valence-corrected chi connectivity index (χ0v) is 21.2. The molecule has 0 bridgehead atoms. The highest BCUT2D eigenvalue weighted by atomic mass is 35.5. The van der Waals surface area contributed by atoms with Gasteiger partial charge in [-0.2, -0.15) is 0 Å². The van der Waals surface area contributed by atoms with Crippen LogP contribution in [0.25, 0.3) is 11.1 Å². The van der Waals surface area contributed by atoms with Gasteiger partial charge in [0.1, 0.15) is 5.75 Å². The van der Waals surface area contributed by atoms with Crippen LogP contribution in [0.1, 0.15) is 12.5 Å². The SMILES string of the molecule is C[C@](CO)(C(=O)Nc1cc(Cl)c(-c2ccccc2OC(F)(F)F)c(Cl)c1)c1ccc(S(C)(=O)=O)cc1. The maximum absolute atomic E-state index is 13.1. The van der Waals surface area contributed by atoms with Crippen molar-refractivity contribution < 1.29 is 36.2 Å². The molecule has 0 spiro atoms. The number of nitrogens with one attached hydrogen (secondary N) is 1. The van der Waals surface area contributed by atoms with Crippen LogP contribution in [0.5, 0.6) is 5.75 Å². The second-order valence-corrected chi connectivity index (χ2v) is 10.9. The molecular weight excluding hydrogens is 542 g/mol. The van der Waals surface area contributed by atoms with E-state index in [4.69, 9.17) is 23.2 Å². The van der Waals surface area contributed by atoms with Crippen LogP contribution in [0.3, 0.4) is 0 Å². The largest absolute Gasteiger partial charge is 0.573 e. The molecule has 0 saturated heterocycles. The minimum Gasteiger partial charge on any atom is -0.405 e. The summed E-state index contributed by atoms with van der Waals surface area (Å²) in [6.45, 7) is 0.846. The molecule has 3 aromatic carbocycles. The molecule has 0 aliphatic rings. The minimum atomic E-state index is -4.93. The number of hydrogen-bond donors (Lipinski definition) is 2. The van der Waals surface area contributed by atoms with Gasteiger partial charge in [0.25, 0.3) is 0 Å². The number of hydrogen-bond acceptors (Lipinski definition) is 5. The summed E-state index contributed by atoms with van der Waals surface area (Å²) in [7, 11) is -3.45. The van der Waals surface area contributed by atoms with Gasteiger partial charge >= 0.3 is 6.36 Å². The molecule has 3 rings (SSSR count). The molecule has 6 nitrogen and oxygen atoms in total. The number of benzene rings is 3. The normalized spacial score (nSPS) is 13.7. The van der Waals surface area contributed by atoms with Crippen molar-refractivity contribution in [3.63, 3.8) is 0 Å². The first-order chi connectivity index (χ1) is 16.7. The van der Waals surface area contributed by atoms with Crippen LogP contribution in [-0.4, -0.2) is 38.7 Å². The summed E-state index contributed by atoms with van der Waals surface area (Å²) in [5.41, 5.74) is -0.936. The summed E-state index contributed by atoms with van der Waals surface area (Å²) < 4.78 is 66.0. The highest BCUT2D eigenvalue weighted by Gasteiger charge is 2.35. The van der Waals surface area contributed by atoms with Crippen LogP contribution >= 0.6 is 23.2 Å². The van der Waals surface area contributed by atoms with E-state index in [9.17, 15) is 31.5 Å². The van der Waals surface area contributed by atoms with Gasteiger partial charge in [-0.3, -0.25) is 4.79 Å². The molecule has 0 aromatic heterocycles. The number of sulfone groups is 1. The molecular formula is C24H20Cl2F3NO5S. The molecule has 0 heterocycles. The van der Waals surface area contributed by atoms with Gasteiger partial charge in [-0.1, -0.05) is 53.5 Å². The fourth-order valence-electron chi connectivity index (χ4n) is 3.42. The highest BCUT2D eigenvalue weighted by Crippen LogP contribution is 2.43. The van der Waals surface area contributed by atoms with Crippen LogP contribution < -0.4 is 10.1 Å². The molecule has 36 heavy (non-hydrogen) atoms. The van der Waals surface area contributed by atoms with Gasteiger partial charge in [0.05, 0.1) is 27.0 Å². The number of ether oxygens (including phenoxy) is 1. The summed E-state index contributed by atoms with van der Waals surface area (Å²) in [5, 5.41) is 12.5. The Morgan fingerprint density at radius 2 is 1.58 bits per heavy atom. The Hall–Kier alpha value is -2.79. The summed E-state index contributed by atoms with van der Waals surface area (Å²) >= 11 is 12.7. The number of rotatable bonds is 7. The molecule has 0 radical (unpaired) electrons. The van der Waals surface area contributed by atoms with Crippen LogP contribution in [-0.2, 0) is 20.0 Å². The van der Waals surface area contributed by atoms with E-state index in [0.717, 1.165) is 12.3 Å². The van der Waals surface area contributed by atoms with E-state index in [1.54, 1.807) is 0 Å². The van der Waals surface area contributed by atoms with E-state index in [1.165, 1.54) is 61.5 Å². The van der Waals surface area contributed by atoms with Crippen molar-refractivity contribution in [2.24, 2.45) is 0 Å². The van der Waals surface area contributed by atoms with Crippen molar-refractivity contribution in [3.05, 3.63) is 76.3 Å². The predicted octanol–water partition coefficient (Wildman–Crippen LogP) is 5.85.